The van der Waals surface area contributed by atoms with E-state index in [1.807, 2.05) is 0 Å². The number of hydrogen-bond donors (Lipinski definition) is 1. The Balaban J connectivity index is 0.00000176. The lowest BCUT2D eigenvalue weighted by Gasteiger charge is -2.37. The van der Waals surface area contributed by atoms with Crippen molar-refractivity contribution in [3.63, 3.8) is 0 Å². The topological polar surface area (TPSA) is 78.7 Å². The van der Waals surface area contributed by atoms with E-state index >= 15 is 0 Å². The van der Waals surface area contributed by atoms with Crippen molar-refractivity contribution in [3.8, 4) is 0 Å². The molecular formula is C13H23ClN4O3S. The first kappa shape index (κ1) is 17.7. The molecule has 22 heavy (non-hydrogen) atoms. The summed E-state index contributed by atoms with van der Waals surface area (Å²) in [6.45, 7) is 8.02. The van der Waals surface area contributed by atoms with Gasteiger partial charge in [0.2, 0.25) is 10.0 Å². The van der Waals surface area contributed by atoms with Crippen molar-refractivity contribution >= 4 is 22.4 Å². The number of nitrogens with one attached hydrogen (secondary N) is 1. The van der Waals surface area contributed by atoms with E-state index in [-0.39, 0.29) is 17.3 Å². The first-order valence-electron chi connectivity index (χ1n) is 7.38. The van der Waals surface area contributed by atoms with Gasteiger partial charge in [-0.3, -0.25) is 4.90 Å². The monoisotopic (exact) mass is 350 g/mol. The molecule has 2 aliphatic heterocycles. The summed E-state index contributed by atoms with van der Waals surface area (Å²) in [5.74, 6) is 0.370. The van der Waals surface area contributed by atoms with Crippen LogP contribution in [-0.4, -0.2) is 68.1 Å². The van der Waals surface area contributed by atoms with Crippen LogP contribution in [0.1, 0.15) is 17.9 Å². The average Bonchev–Trinajstić information content (AvgIpc) is 3.09. The van der Waals surface area contributed by atoms with Gasteiger partial charge in [0, 0.05) is 38.8 Å². The molecule has 7 nitrogen and oxygen atoms in total. The maximum Gasteiger partial charge on any atom is 0.248 e. The molecule has 1 aromatic heterocycles. The second-order valence-corrected chi connectivity index (χ2v) is 7.61. The number of rotatable bonds is 3. The minimum absolute atomic E-state index is 0. The molecule has 1 N–H and O–H groups in total. The van der Waals surface area contributed by atoms with E-state index in [1.54, 1.807) is 18.2 Å². The van der Waals surface area contributed by atoms with Crippen LogP contribution in [0.4, 0.5) is 0 Å². The number of aryl methyl sites for hydroxylation is 2. The summed E-state index contributed by atoms with van der Waals surface area (Å²) in [5, 5.41) is 7.11. The van der Waals surface area contributed by atoms with Gasteiger partial charge in [0.05, 0.1) is 0 Å². The van der Waals surface area contributed by atoms with Gasteiger partial charge in [0.15, 0.2) is 5.76 Å². The quantitative estimate of drug-likeness (QED) is 0.849. The van der Waals surface area contributed by atoms with Crippen LogP contribution in [0.15, 0.2) is 9.42 Å². The zero-order valence-electron chi connectivity index (χ0n) is 12.9. The average molecular weight is 351 g/mol. The highest BCUT2D eigenvalue weighted by molar-refractivity contribution is 7.89. The highest BCUT2D eigenvalue weighted by Crippen LogP contribution is 2.24. The highest BCUT2D eigenvalue weighted by atomic mass is 35.5. The predicted molar refractivity (Wildman–Crippen MR) is 84.8 cm³/mol. The van der Waals surface area contributed by atoms with Gasteiger partial charge < -0.3 is 9.84 Å². The van der Waals surface area contributed by atoms with Crippen molar-refractivity contribution < 1.29 is 12.9 Å². The molecule has 2 aliphatic rings. The summed E-state index contributed by atoms with van der Waals surface area (Å²) in [7, 11) is -3.49. The lowest BCUT2D eigenvalue weighted by Crippen LogP contribution is -2.52. The normalized spacial score (nSPS) is 24.4. The number of piperazine rings is 1. The zero-order valence-corrected chi connectivity index (χ0v) is 14.5. The SMILES string of the molecule is Cc1noc(C)c1S(=O)(=O)N1CCN(C2CCNC2)CC1.Cl. The van der Waals surface area contributed by atoms with Crippen LogP contribution in [0.5, 0.6) is 0 Å². The first-order valence-corrected chi connectivity index (χ1v) is 8.82. The van der Waals surface area contributed by atoms with E-state index in [9.17, 15) is 8.42 Å². The summed E-state index contributed by atoms with van der Waals surface area (Å²) in [6, 6.07) is 0.550. The van der Waals surface area contributed by atoms with Crippen molar-refractivity contribution in [2.45, 2.75) is 31.2 Å². The first-order chi connectivity index (χ1) is 10.00. The molecule has 2 fully saturated rings. The van der Waals surface area contributed by atoms with Gasteiger partial charge in [-0.1, -0.05) is 5.16 Å². The van der Waals surface area contributed by atoms with Crippen LogP contribution in [0.2, 0.25) is 0 Å². The second-order valence-electron chi connectivity index (χ2n) is 5.74. The van der Waals surface area contributed by atoms with E-state index in [0.29, 0.717) is 30.6 Å². The van der Waals surface area contributed by atoms with E-state index in [1.165, 1.54) is 0 Å². The number of sulfonamides is 1. The third-order valence-electron chi connectivity index (χ3n) is 4.39. The molecule has 2 saturated heterocycles. The number of aromatic nitrogens is 1. The standard InChI is InChI=1S/C13H22N4O3S.ClH/c1-10-13(11(2)20-15-10)21(18,19)17-7-5-16(6-8-17)12-3-4-14-9-12;/h12,14H,3-9H2,1-2H3;1H. The van der Waals surface area contributed by atoms with E-state index in [2.05, 4.69) is 15.4 Å². The molecule has 3 rings (SSSR count). The molecule has 0 saturated carbocycles. The van der Waals surface area contributed by atoms with Crippen LogP contribution < -0.4 is 5.32 Å². The summed E-state index contributed by atoms with van der Waals surface area (Å²) < 4.78 is 32.0. The Hall–Kier alpha value is -0.670. The van der Waals surface area contributed by atoms with E-state index < -0.39 is 10.0 Å². The van der Waals surface area contributed by atoms with Crippen LogP contribution in [0.3, 0.4) is 0 Å². The van der Waals surface area contributed by atoms with Gasteiger partial charge in [0.1, 0.15) is 10.6 Å². The summed E-state index contributed by atoms with van der Waals surface area (Å²) in [4.78, 5) is 2.62. The Kier molecular flexibility index (Phi) is 5.50. The van der Waals surface area contributed by atoms with E-state index in [4.69, 9.17) is 4.52 Å². The maximum atomic E-state index is 12.7. The summed E-state index contributed by atoms with van der Waals surface area (Å²) in [6.07, 6.45) is 1.15. The third kappa shape index (κ3) is 3.16. The number of halogens is 1. The zero-order chi connectivity index (χ0) is 15.0. The van der Waals surface area contributed by atoms with Gasteiger partial charge in [0.25, 0.3) is 0 Å². The van der Waals surface area contributed by atoms with Crippen LogP contribution >= 0.6 is 12.4 Å². The molecule has 0 bridgehead atoms. The summed E-state index contributed by atoms with van der Waals surface area (Å²) >= 11 is 0. The largest absolute Gasteiger partial charge is 0.360 e. The van der Waals surface area contributed by atoms with Crippen molar-refractivity contribution in [1.82, 2.24) is 19.7 Å². The predicted octanol–water partition coefficient (Wildman–Crippen LogP) is 0.381. The Morgan fingerprint density at radius 3 is 2.41 bits per heavy atom. The van der Waals surface area contributed by atoms with Crippen LogP contribution in [0, 0.1) is 13.8 Å². The molecule has 0 radical (unpaired) electrons. The third-order valence-corrected chi connectivity index (χ3v) is 6.53. The van der Waals surface area contributed by atoms with Gasteiger partial charge in [-0.25, -0.2) is 8.42 Å². The molecule has 1 unspecified atom stereocenters. The lowest BCUT2D eigenvalue weighted by molar-refractivity contribution is 0.145. The Morgan fingerprint density at radius 2 is 1.91 bits per heavy atom. The molecule has 126 valence electrons. The fourth-order valence-corrected chi connectivity index (χ4v) is 4.95. The van der Waals surface area contributed by atoms with Gasteiger partial charge >= 0.3 is 0 Å². The number of hydrogen-bond acceptors (Lipinski definition) is 6. The molecule has 1 aromatic rings. The molecule has 1 atom stereocenters. The van der Waals surface area contributed by atoms with Crippen molar-refractivity contribution in [2.75, 3.05) is 39.3 Å². The van der Waals surface area contributed by atoms with Crippen molar-refractivity contribution in [1.29, 1.82) is 0 Å². The van der Waals surface area contributed by atoms with Gasteiger partial charge in [-0.15, -0.1) is 12.4 Å². The van der Waals surface area contributed by atoms with Crippen molar-refractivity contribution in [2.24, 2.45) is 0 Å². The van der Waals surface area contributed by atoms with Gasteiger partial charge in [-0.05, 0) is 26.8 Å². The fourth-order valence-electron chi connectivity index (χ4n) is 3.23. The lowest BCUT2D eigenvalue weighted by atomic mass is 10.2. The minimum Gasteiger partial charge on any atom is -0.360 e. The minimum atomic E-state index is -3.49. The molecular weight excluding hydrogens is 328 g/mol. The molecule has 0 aliphatic carbocycles. The smallest absolute Gasteiger partial charge is 0.248 e. The number of nitrogens with zero attached hydrogens (tertiary/aromatic N) is 3. The maximum absolute atomic E-state index is 12.7. The Morgan fingerprint density at radius 1 is 1.23 bits per heavy atom. The highest BCUT2D eigenvalue weighted by Gasteiger charge is 2.35. The fraction of sp³-hybridized carbons (Fsp3) is 0.769. The Labute approximate surface area is 137 Å². The Bertz CT molecular complexity index is 585. The molecule has 0 aromatic carbocycles. The van der Waals surface area contributed by atoms with Crippen LogP contribution in [0.25, 0.3) is 0 Å². The second kappa shape index (κ2) is 6.84. The molecule has 9 heteroatoms. The summed E-state index contributed by atoms with van der Waals surface area (Å²) in [5.41, 5.74) is 0.440. The van der Waals surface area contributed by atoms with E-state index in [0.717, 1.165) is 32.6 Å². The van der Waals surface area contributed by atoms with Crippen LogP contribution in [-0.2, 0) is 10.0 Å². The molecule has 0 spiro atoms. The van der Waals surface area contributed by atoms with Crippen molar-refractivity contribution in [3.05, 3.63) is 11.5 Å². The van der Waals surface area contributed by atoms with Gasteiger partial charge in [-0.2, -0.15) is 4.31 Å². The molecule has 3 heterocycles. The molecule has 0 amide bonds.